The summed E-state index contributed by atoms with van der Waals surface area (Å²) in [5.41, 5.74) is 13.1. The Morgan fingerprint density at radius 1 is 0.897 bits per heavy atom. The van der Waals surface area contributed by atoms with Gasteiger partial charge in [0.15, 0.2) is 5.78 Å². The van der Waals surface area contributed by atoms with Gasteiger partial charge in [-0.05, 0) is 66.4 Å². The number of nitrogens with one attached hydrogen (secondary N) is 1. The average Bonchev–Trinajstić information content (AvgIpc) is 3.28. The van der Waals surface area contributed by atoms with Crippen molar-refractivity contribution in [3.8, 4) is 11.3 Å². The monoisotopic (exact) mass is 531 g/mol. The first-order valence-corrected chi connectivity index (χ1v) is 13.6. The number of nitrogens with zero attached hydrogens (tertiary/aromatic N) is 1. The second-order valence-corrected chi connectivity index (χ2v) is 10.8. The molecule has 5 nitrogen and oxygen atoms in total. The van der Waals surface area contributed by atoms with Crippen molar-refractivity contribution in [1.29, 1.82) is 0 Å². The molecule has 0 aliphatic carbocycles. The van der Waals surface area contributed by atoms with E-state index in [2.05, 4.69) is 31.3 Å². The smallest absolute Gasteiger partial charge is 0.267 e. The first-order valence-electron chi connectivity index (χ1n) is 12.8. The number of aromatic nitrogens is 1. The van der Waals surface area contributed by atoms with Crippen LogP contribution in [0.25, 0.3) is 27.6 Å². The van der Waals surface area contributed by atoms with E-state index in [-0.39, 0.29) is 11.7 Å². The van der Waals surface area contributed by atoms with Gasteiger partial charge in [-0.25, -0.2) is 4.98 Å². The highest BCUT2D eigenvalue weighted by molar-refractivity contribution is 7.21. The summed E-state index contributed by atoms with van der Waals surface area (Å²) in [5.74, 6) is 0.0498. The number of amides is 1. The number of benzene rings is 3. The van der Waals surface area contributed by atoms with Crippen LogP contribution in [0, 0.1) is 6.92 Å². The lowest BCUT2D eigenvalue weighted by Gasteiger charge is -2.05. The molecule has 3 aromatic carbocycles. The van der Waals surface area contributed by atoms with Gasteiger partial charge in [0.05, 0.1) is 11.4 Å². The van der Waals surface area contributed by atoms with Crippen molar-refractivity contribution in [3.63, 3.8) is 0 Å². The topological polar surface area (TPSA) is 85.1 Å². The first kappa shape index (κ1) is 26.1. The van der Waals surface area contributed by atoms with Crippen LogP contribution in [0.15, 0.2) is 91.0 Å². The summed E-state index contributed by atoms with van der Waals surface area (Å²) in [6.07, 6.45) is 3.37. The highest BCUT2D eigenvalue weighted by Gasteiger charge is 2.18. The van der Waals surface area contributed by atoms with Crippen LogP contribution in [0.2, 0.25) is 0 Å². The molecule has 2 heterocycles. The molecule has 5 aromatic rings. The molecule has 0 spiro atoms. The molecule has 0 aliphatic rings. The van der Waals surface area contributed by atoms with Crippen LogP contribution in [-0.4, -0.2) is 16.7 Å². The zero-order chi connectivity index (χ0) is 27.5. The Kier molecular flexibility index (Phi) is 7.39. The van der Waals surface area contributed by atoms with Gasteiger partial charge in [-0.3, -0.25) is 9.59 Å². The van der Waals surface area contributed by atoms with Crippen molar-refractivity contribution < 1.29 is 9.59 Å². The minimum absolute atomic E-state index is 0.106. The fraction of sp³-hybridized carbons (Fsp3) is 0.121. The number of fused-ring (bicyclic) bond motifs is 1. The first-order chi connectivity index (χ1) is 18.8. The molecule has 0 atom stereocenters. The van der Waals surface area contributed by atoms with Crippen LogP contribution in [0.4, 0.5) is 11.4 Å². The van der Waals surface area contributed by atoms with Gasteiger partial charge in [0.25, 0.3) is 5.91 Å². The normalized spacial score (nSPS) is 11.4. The van der Waals surface area contributed by atoms with E-state index in [1.807, 2.05) is 61.5 Å². The molecule has 2 aromatic heterocycles. The fourth-order valence-electron chi connectivity index (χ4n) is 4.22. The van der Waals surface area contributed by atoms with Gasteiger partial charge in [0, 0.05) is 22.2 Å². The summed E-state index contributed by atoms with van der Waals surface area (Å²) >= 11 is 1.27. The number of nitrogen functional groups attached to an aromatic ring is 1. The van der Waals surface area contributed by atoms with E-state index >= 15 is 0 Å². The largest absolute Gasteiger partial charge is 0.397 e. The minimum Gasteiger partial charge on any atom is -0.397 e. The summed E-state index contributed by atoms with van der Waals surface area (Å²) in [6.45, 7) is 6.34. The molecule has 3 N–H and O–H groups in total. The standard InChI is InChI=1S/C33H29N3O2S/c1-20(2)23-11-6-22(7-12-23)8-19-29(37)25-13-15-26(16-14-25)35-32(38)31-30(34)27-17-18-28(36-33(27)39-31)24-9-4-21(3)5-10-24/h4-20H,34H2,1-3H3,(H,35,38). The van der Waals surface area contributed by atoms with E-state index in [4.69, 9.17) is 10.7 Å². The molecular formula is C33H29N3O2S. The summed E-state index contributed by atoms with van der Waals surface area (Å²) in [5, 5.41) is 3.64. The van der Waals surface area contributed by atoms with Gasteiger partial charge in [0.2, 0.25) is 0 Å². The molecule has 6 heteroatoms. The second-order valence-electron chi connectivity index (χ2n) is 9.81. The Morgan fingerprint density at radius 2 is 1.59 bits per heavy atom. The lowest BCUT2D eigenvalue weighted by Crippen LogP contribution is -2.12. The SMILES string of the molecule is Cc1ccc(-c2ccc3c(N)c(C(=O)Nc4ccc(C(=O)C=Cc5ccc(C(C)C)cc5)cc4)sc3n2)cc1. The molecule has 0 unspecified atom stereocenters. The third-order valence-electron chi connectivity index (χ3n) is 6.60. The van der Waals surface area contributed by atoms with Gasteiger partial charge in [-0.1, -0.05) is 74.0 Å². The molecule has 0 saturated carbocycles. The average molecular weight is 532 g/mol. The number of hydrogen-bond donors (Lipinski definition) is 2. The zero-order valence-electron chi connectivity index (χ0n) is 22.1. The second kappa shape index (κ2) is 11.1. The van der Waals surface area contributed by atoms with Gasteiger partial charge in [-0.15, -0.1) is 11.3 Å². The van der Waals surface area contributed by atoms with Gasteiger partial charge in [0.1, 0.15) is 9.71 Å². The molecule has 1 amide bonds. The number of carbonyl (C=O) groups excluding carboxylic acids is 2. The number of carbonyl (C=O) groups is 2. The number of ketones is 1. The Hall–Kier alpha value is -4.55. The molecule has 194 valence electrons. The Labute approximate surface area is 232 Å². The molecule has 0 radical (unpaired) electrons. The van der Waals surface area contributed by atoms with Crippen molar-refractivity contribution >= 4 is 50.7 Å². The minimum atomic E-state index is -0.309. The third-order valence-corrected chi connectivity index (χ3v) is 7.72. The lowest BCUT2D eigenvalue weighted by atomic mass is 10.0. The van der Waals surface area contributed by atoms with Crippen molar-refractivity contribution in [3.05, 3.63) is 118 Å². The highest BCUT2D eigenvalue weighted by atomic mass is 32.1. The highest BCUT2D eigenvalue weighted by Crippen LogP contribution is 2.34. The summed E-state index contributed by atoms with van der Waals surface area (Å²) in [7, 11) is 0. The number of aryl methyl sites for hydroxylation is 1. The number of nitrogens with two attached hydrogens (primary N) is 1. The van der Waals surface area contributed by atoms with Crippen molar-refractivity contribution in [2.24, 2.45) is 0 Å². The van der Waals surface area contributed by atoms with Crippen LogP contribution in [-0.2, 0) is 0 Å². The quantitative estimate of drug-likeness (QED) is 0.164. The summed E-state index contributed by atoms with van der Waals surface area (Å²) < 4.78 is 0. The number of hydrogen-bond acceptors (Lipinski definition) is 5. The number of pyridine rings is 1. The van der Waals surface area contributed by atoms with Crippen LogP contribution in [0.5, 0.6) is 0 Å². The molecule has 0 bridgehead atoms. The van der Waals surface area contributed by atoms with Gasteiger partial charge < -0.3 is 11.1 Å². The molecule has 0 fully saturated rings. The predicted molar refractivity (Wildman–Crippen MR) is 162 cm³/mol. The molecule has 0 aliphatic heterocycles. The summed E-state index contributed by atoms with van der Waals surface area (Å²) in [6, 6.07) is 27.0. The summed E-state index contributed by atoms with van der Waals surface area (Å²) in [4.78, 5) is 31.6. The van der Waals surface area contributed by atoms with Crippen LogP contribution < -0.4 is 11.1 Å². The van der Waals surface area contributed by atoms with E-state index in [0.717, 1.165) is 22.2 Å². The Morgan fingerprint density at radius 3 is 2.26 bits per heavy atom. The van der Waals surface area contributed by atoms with E-state index < -0.39 is 0 Å². The number of thiophene rings is 1. The van der Waals surface area contributed by atoms with Crippen molar-refractivity contribution in [2.45, 2.75) is 26.7 Å². The number of allylic oxidation sites excluding steroid dienone is 1. The maximum Gasteiger partial charge on any atom is 0.267 e. The maximum absolute atomic E-state index is 13.1. The van der Waals surface area contributed by atoms with Crippen molar-refractivity contribution in [2.75, 3.05) is 11.1 Å². The van der Waals surface area contributed by atoms with Crippen LogP contribution >= 0.6 is 11.3 Å². The van der Waals surface area contributed by atoms with Crippen molar-refractivity contribution in [1.82, 2.24) is 4.98 Å². The predicted octanol–water partition coefficient (Wildman–Crippen LogP) is 8.13. The number of anilines is 2. The molecule has 39 heavy (non-hydrogen) atoms. The fourth-order valence-corrected chi connectivity index (χ4v) is 5.21. The van der Waals surface area contributed by atoms with E-state index in [9.17, 15) is 9.59 Å². The lowest BCUT2D eigenvalue weighted by molar-refractivity contribution is 0.102. The number of rotatable bonds is 7. The van der Waals surface area contributed by atoms with Gasteiger partial charge in [-0.2, -0.15) is 0 Å². The molecule has 0 saturated heterocycles. The Balaban J connectivity index is 1.27. The molecular weight excluding hydrogens is 502 g/mol. The molecule has 5 rings (SSSR count). The maximum atomic E-state index is 13.1. The van der Waals surface area contributed by atoms with E-state index in [0.29, 0.717) is 32.6 Å². The third kappa shape index (κ3) is 5.81. The van der Waals surface area contributed by atoms with Gasteiger partial charge >= 0.3 is 0 Å². The Bertz CT molecular complexity index is 1680. The van der Waals surface area contributed by atoms with E-state index in [1.54, 1.807) is 30.3 Å². The zero-order valence-corrected chi connectivity index (χ0v) is 22.9. The van der Waals surface area contributed by atoms with E-state index in [1.165, 1.54) is 22.5 Å². The van der Waals surface area contributed by atoms with Crippen LogP contribution in [0.3, 0.4) is 0 Å². The van der Waals surface area contributed by atoms with Crippen LogP contribution in [0.1, 0.15) is 56.5 Å².